The van der Waals surface area contributed by atoms with Crippen molar-refractivity contribution in [3.8, 4) is 6.07 Å². The van der Waals surface area contributed by atoms with Gasteiger partial charge in [-0.3, -0.25) is 0 Å². The second-order valence-corrected chi connectivity index (χ2v) is 4.48. The van der Waals surface area contributed by atoms with Crippen LogP contribution in [0, 0.1) is 25.2 Å². The summed E-state index contributed by atoms with van der Waals surface area (Å²) in [4.78, 5) is 0. The van der Waals surface area contributed by atoms with Crippen molar-refractivity contribution in [2.24, 2.45) is 0 Å². The average Bonchev–Trinajstić information content (AvgIpc) is 2.38. The quantitative estimate of drug-likeness (QED) is 0.880. The Labute approximate surface area is 108 Å². The zero-order valence-electron chi connectivity index (χ0n) is 10.7. The molecule has 2 aromatic rings. The molecule has 0 aromatic heterocycles. The molecule has 0 aliphatic carbocycles. The van der Waals surface area contributed by atoms with Crippen molar-refractivity contribution in [3.63, 3.8) is 0 Å². The third-order valence-corrected chi connectivity index (χ3v) is 2.92. The molecule has 0 aliphatic heterocycles. The predicted octanol–water partition coefficient (Wildman–Crippen LogP) is 3.79. The normalized spacial score (nSPS) is 9.83. The van der Waals surface area contributed by atoms with Crippen LogP contribution in [0.25, 0.3) is 0 Å². The molecular formula is C16H16N2. The van der Waals surface area contributed by atoms with Gasteiger partial charge in [-0.1, -0.05) is 29.8 Å². The lowest BCUT2D eigenvalue weighted by molar-refractivity contribution is 1.13. The summed E-state index contributed by atoms with van der Waals surface area (Å²) in [6.45, 7) is 4.92. The number of hydrogen-bond donors (Lipinski definition) is 1. The molecule has 0 atom stereocenters. The summed E-state index contributed by atoms with van der Waals surface area (Å²) in [5.41, 5.74) is 5.47. The van der Waals surface area contributed by atoms with E-state index in [4.69, 9.17) is 5.26 Å². The molecule has 0 fully saturated rings. The number of nitrogens with zero attached hydrogens (tertiary/aromatic N) is 1. The summed E-state index contributed by atoms with van der Waals surface area (Å²) in [7, 11) is 0. The Hall–Kier alpha value is -2.27. The van der Waals surface area contributed by atoms with Gasteiger partial charge in [0, 0.05) is 12.2 Å². The first kappa shape index (κ1) is 12.2. The molecule has 2 aromatic carbocycles. The van der Waals surface area contributed by atoms with E-state index >= 15 is 0 Å². The van der Waals surface area contributed by atoms with E-state index in [0.717, 1.165) is 17.8 Å². The van der Waals surface area contributed by atoms with Crippen LogP contribution >= 0.6 is 0 Å². The van der Waals surface area contributed by atoms with Gasteiger partial charge in [-0.2, -0.15) is 5.26 Å². The second kappa shape index (κ2) is 5.37. The van der Waals surface area contributed by atoms with Gasteiger partial charge in [-0.15, -0.1) is 0 Å². The molecule has 2 rings (SSSR count). The molecule has 0 heterocycles. The largest absolute Gasteiger partial charge is 0.381 e. The predicted molar refractivity (Wildman–Crippen MR) is 74.4 cm³/mol. The monoisotopic (exact) mass is 236 g/mol. The fourth-order valence-electron chi connectivity index (χ4n) is 1.96. The molecule has 0 aliphatic rings. The smallest absolute Gasteiger partial charge is 0.0991 e. The molecule has 2 nitrogen and oxygen atoms in total. The van der Waals surface area contributed by atoms with Crippen LogP contribution in [0.2, 0.25) is 0 Å². The van der Waals surface area contributed by atoms with E-state index in [0.29, 0.717) is 5.56 Å². The number of anilines is 1. The van der Waals surface area contributed by atoms with Crippen LogP contribution in [0.15, 0.2) is 42.5 Å². The zero-order chi connectivity index (χ0) is 13.0. The third kappa shape index (κ3) is 2.89. The van der Waals surface area contributed by atoms with E-state index in [9.17, 15) is 0 Å². The maximum atomic E-state index is 8.85. The van der Waals surface area contributed by atoms with Crippen LogP contribution in [0.5, 0.6) is 0 Å². The molecule has 0 spiro atoms. The number of aryl methyl sites for hydroxylation is 2. The minimum Gasteiger partial charge on any atom is -0.381 e. The first-order valence-corrected chi connectivity index (χ1v) is 5.99. The standard InChI is InChI=1S/C16H16N2/c1-12-6-7-16(13(2)8-12)18-11-15-5-3-4-14(9-15)10-17/h3-9,18H,11H2,1-2H3. The number of benzene rings is 2. The lowest BCUT2D eigenvalue weighted by Crippen LogP contribution is -2.01. The van der Waals surface area contributed by atoms with E-state index in [2.05, 4.69) is 43.4 Å². The molecule has 0 bridgehead atoms. The van der Waals surface area contributed by atoms with Gasteiger partial charge >= 0.3 is 0 Å². The van der Waals surface area contributed by atoms with Gasteiger partial charge < -0.3 is 5.32 Å². The summed E-state index contributed by atoms with van der Waals surface area (Å²) in [6.07, 6.45) is 0. The summed E-state index contributed by atoms with van der Waals surface area (Å²) < 4.78 is 0. The molecule has 2 heteroatoms. The first-order chi connectivity index (χ1) is 8.69. The zero-order valence-corrected chi connectivity index (χ0v) is 10.7. The van der Waals surface area contributed by atoms with Gasteiger partial charge in [0.05, 0.1) is 11.6 Å². The Balaban J connectivity index is 2.09. The van der Waals surface area contributed by atoms with Gasteiger partial charge in [0.15, 0.2) is 0 Å². The van der Waals surface area contributed by atoms with Gasteiger partial charge in [-0.25, -0.2) is 0 Å². The van der Waals surface area contributed by atoms with Gasteiger partial charge in [0.25, 0.3) is 0 Å². The maximum Gasteiger partial charge on any atom is 0.0991 e. The van der Waals surface area contributed by atoms with Crippen molar-refractivity contribution in [3.05, 3.63) is 64.7 Å². The maximum absolute atomic E-state index is 8.85. The number of nitrogens with one attached hydrogen (secondary N) is 1. The average molecular weight is 236 g/mol. The Morgan fingerprint density at radius 3 is 2.67 bits per heavy atom. The van der Waals surface area contributed by atoms with Crippen molar-refractivity contribution in [2.75, 3.05) is 5.32 Å². The van der Waals surface area contributed by atoms with Crippen LogP contribution in [0.1, 0.15) is 22.3 Å². The van der Waals surface area contributed by atoms with Gasteiger partial charge in [-0.05, 0) is 43.2 Å². The van der Waals surface area contributed by atoms with E-state index in [1.165, 1.54) is 11.1 Å². The number of hydrogen-bond acceptors (Lipinski definition) is 2. The molecular weight excluding hydrogens is 220 g/mol. The van der Waals surface area contributed by atoms with E-state index in [-0.39, 0.29) is 0 Å². The third-order valence-electron chi connectivity index (χ3n) is 2.92. The second-order valence-electron chi connectivity index (χ2n) is 4.48. The van der Waals surface area contributed by atoms with E-state index < -0.39 is 0 Å². The number of nitriles is 1. The first-order valence-electron chi connectivity index (χ1n) is 5.99. The molecule has 0 saturated carbocycles. The van der Waals surface area contributed by atoms with Crippen molar-refractivity contribution in [1.82, 2.24) is 0 Å². The topological polar surface area (TPSA) is 35.8 Å². The fraction of sp³-hybridized carbons (Fsp3) is 0.188. The van der Waals surface area contributed by atoms with Crippen molar-refractivity contribution < 1.29 is 0 Å². The number of rotatable bonds is 3. The lowest BCUT2D eigenvalue weighted by Gasteiger charge is -2.10. The fourth-order valence-corrected chi connectivity index (χ4v) is 1.96. The molecule has 1 N–H and O–H groups in total. The molecule has 0 saturated heterocycles. The minimum atomic E-state index is 0.704. The highest BCUT2D eigenvalue weighted by atomic mass is 14.9. The van der Waals surface area contributed by atoms with Crippen LogP contribution in [0.3, 0.4) is 0 Å². The Morgan fingerprint density at radius 1 is 1.11 bits per heavy atom. The molecule has 90 valence electrons. The van der Waals surface area contributed by atoms with Crippen LogP contribution in [-0.2, 0) is 6.54 Å². The Bertz CT molecular complexity index is 594. The van der Waals surface area contributed by atoms with Crippen LogP contribution < -0.4 is 5.32 Å². The molecule has 0 radical (unpaired) electrons. The van der Waals surface area contributed by atoms with Crippen molar-refractivity contribution in [1.29, 1.82) is 5.26 Å². The Kier molecular flexibility index (Phi) is 3.64. The van der Waals surface area contributed by atoms with Crippen LogP contribution in [-0.4, -0.2) is 0 Å². The van der Waals surface area contributed by atoms with Gasteiger partial charge in [0.1, 0.15) is 0 Å². The van der Waals surface area contributed by atoms with Crippen molar-refractivity contribution >= 4 is 5.69 Å². The highest BCUT2D eigenvalue weighted by Gasteiger charge is 1.99. The van der Waals surface area contributed by atoms with Crippen LogP contribution in [0.4, 0.5) is 5.69 Å². The summed E-state index contributed by atoms with van der Waals surface area (Å²) in [5, 5.41) is 12.2. The highest BCUT2D eigenvalue weighted by Crippen LogP contribution is 2.17. The summed E-state index contributed by atoms with van der Waals surface area (Å²) in [6, 6.07) is 16.2. The lowest BCUT2D eigenvalue weighted by atomic mass is 10.1. The van der Waals surface area contributed by atoms with E-state index in [1.807, 2.05) is 24.3 Å². The van der Waals surface area contributed by atoms with Crippen molar-refractivity contribution in [2.45, 2.75) is 20.4 Å². The SMILES string of the molecule is Cc1ccc(NCc2cccc(C#N)c2)c(C)c1. The summed E-state index contributed by atoms with van der Waals surface area (Å²) in [5.74, 6) is 0. The molecule has 18 heavy (non-hydrogen) atoms. The summed E-state index contributed by atoms with van der Waals surface area (Å²) >= 11 is 0. The van der Waals surface area contributed by atoms with E-state index in [1.54, 1.807) is 0 Å². The highest BCUT2D eigenvalue weighted by molar-refractivity contribution is 5.52. The minimum absolute atomic E-state index is 0.704. The van der Waals surface area contributed by atoms with Gasteiger partial charge in [0.2, 0.25) is 0 Å². The Morgan fingerprint density at radius 2 is 1.94 bits per heavy atom. The molecule has 0 amide bonds. The molecule has 0 unspecified atom stereocenters.